The summed E-state index contributed by atoms with van der Waals surface area (Å²) in [6, 6.07) is 0.260. The van der Waals surface area contributed by atoms with Gasteiger partial charge in [-0.05, 0) is 44.4 Å². The van der Waals surface area contributed by atoms with Gasteiger partial charge in [-0.25, -0.2) is 0 Å². The second-order valence-electron chi connectivity index (χ2n) is 6.42. The molecule has 0 aromatic carbocycles. The number of rotatable bonds is 7. The van der Waals surface area contributed by atoms with Crippen molar-refractivity contribution in [3.8, 4) is 0 Å². The van der Waals surface area contributed by atoms with Crippen LogP contribution >= 0.6 is 0 Å². The van der Waals surface area contributed by atoms with Crippen LogP contribution in [0, 0.1) is 5.41 Å². The van der Waals surface area contributed by atoms with Crippen LogP contribution < -0.4 is 10.6 Å². The van der Waals surface area contributed by atoms with E-state index in [9.17, 15) is 4.79 Å². The zero-order chi connectivity index (χ0) is 13.7. The predicted octanol–water partition coefficient (Wildman–Crippen LogP) is 1.58. The fraction of sp³-hybridized carbons (Fsp3) is 0.933. The topological polar surface area (TPSA) is 61.4 Å². The average molecular weight is 268 g/mol. The molecule has 0 aromatic heterocycles. The van der Waals surface area contributed by atoms with Gasteiger partial charge >= 0.3 is 0 Å². The summed E-state index contributed by atoms with van der Waals surface area (Å²) in [6.07, 6.45) is 9.27. The van der Waals surface area contributed by atoms with Crippen molar-refractivity contribution in [2.75, 3.05) is 13.2 Å². The number of amides is 1. The van der Waals surface area contributed by atoms with Crippen molar-refractivity contribution in [2.24, 2.45) is 5.41 Å². The molecule has 4 heteroatoms. The normalized spacial score (nSPS) is 23.9. The van der Waals surface area contributed by atoms with E-state index < -0.39 is 0 Å². The second-order valence-corrected chi connectivity index (χ2v) is 6.42. The third kappa shape index (κ3) is 4.46. The lowest BCUT2D eigenvalue weighted by Crippen LogP contribution is -2.48. The highest BCUT2D eigenvalue weighted by molar-refractivity contribution is 5.81. The first kappa shape index (κ1) is 14.8. The van der Waals surface area contributed by atoms with Crippen LogP contribution in [0.3, 0.4) is 0 Å². The number of nitrogens with one attached hydrogen (secondary N) is 2. The highest BCUT2D eigenvalue weighted by Gasteiger charge is 2.41. The quantitative estimate of drug-likeness (QED) is 0.657. The minimum atomic E-state index is -0.127. The highest BCUT2D eigenvalue weighted by atomic mass is 16.3. The Morgan fingerprint density at radius 3 is 2.58 bits per heavy atom. The molecule has 19 heavy (non-hydrogen) atoms. The molecule has 0 spiro atoms. The summed E-state index contributed by atoms with van der Waals surface area (Å²) < 4.78 is 0. The lowest BCUT2D eigenvalue weighted by molar-refractivity contribution is -0.123. The van der Waals surface area contributed by atoms with E-state index in [0.717, 1.165) is 25.8 Å². The molecule has 2 rings (SSSR count). The molecule has 0 bridgehead atoms. The van der Waals surface area contributed by atoms with Gasteiger partial charge in [-0.2, -0.15) is 0 Å². The standard InChI is InChI=1S/C15H28N2O2/c1-12(16-11-15(7-8-15)9-10-18)14(19)17-13-5-3-2-4-6-13/h12-13,16,18H,2-11H2,1H3,(H,17,19). The fourth-order valence-corrected chi connectivity index (χ4v) is 2.96. The number of hydrogen-bond acceptors (Lipinski definition) is 3. The summed E-state index contributed by atoms with van der Waals surface area (Å²) in [5.41, 5.74) is 0.272. The van der Waals surface area contributed by atoms with Crippen LogP contribution in [0.15, 0.2) is 0 Å². The smallest absolute Gasteiger partial charge is 0.237 e. The Balaban J connectivity index is 1.67. The minimum absolute atomic E-state index is 0.127. The highest BCUT2D eigenvalue weighted by Crippen LogP contribution is 2.47. The SMILES string of the molecule is CC(NCC1(CCO)CC1)C(=O)NC1CCCCC1. The molecule has 1 unspecified atom stereocenters. The molecule has 1 amide bonds. The Kier molecular flexibility index (Phi) is 5.22. The third-order valence-corrected chi connectivity index (χ3v) is 4.73. The number of carbonyl (C=O) groups excluding carboxylic acids is 1. The molecule has 0 heterocycles. The van der Waals surface area contributed by atoms with E-state index in [1.165, 1.54) is 32.1 Å². The Hall–Kier alpha value is -0.610. The first-order valence-corrected chi connectivity index (χ1v) is 7.80. The second kappa shape index (κ2) is 6.71. The van der Waals surface area contributed by atoms with Gasteiger partial charge in [-0.1, -0.05) is 19.3 Å². The largest absolute Gasteiger partial charge is 0.396 e. The maximum absolute atomic E-state index is 12.1. The molecule has 0 radical (unpaired) electrons. The summed E-state index contributed by atoms with van der Waals surface area (Å²) in [6.45, 7) is 3.05. The number of carbonyl (C=O) groups is 1. The summed E-state index contributed by atoms with van der Waals surface area (Å²) in [5, 5.41) is 15.5. The zero-order valence-corrected chi connectivity index (χ0v) is 12.1. The maximum atomic E-state index is 12.1. The molecule has 1 atom stereocenters. The molecule has 3 N–H and O–H groups in total. The number of hydrogen-bond donors (Lipinski definition) is 3. The molecule has 2 fully saturated rings. The van der Waals surface area contributed by atoms with E-state index in [-0.39, 0.29) is 24.0 Å². The first-order valence-electron chi connectivity index (χ1n) is 7.80. The zero-order valence-electron chi connectivity index (χ0n) is 12.1. The Labute approximate surface area is 116 Å². The van der Waals surface area contributed by atoms with Gasteiger partial charge in [-0.3, -0.25) is 4.79 Å². The summed E-state index contributed by atoms with van der Waals surface area (Å²) >= 11 is 0. The minimum Gasteiger partial charge on any atom is -0.396 e. The van der Waals surface area contributed by atoms with Crippen LogP contribution in [0.5, 0.6) is 0 Å². The molecular formula is C15H28N2O2. The van der Waals surface area contributed by atoms with Crippen molar-refractivity contribution in [1.29, 1.82) is 0 Å². The van der Waals surface area contributed by atoms with Crippen molar-refractivity contribution in [3.63, 3.8) is 0 Å². The van der Waals surface area contributed by atoms with Gasteiger partial charge in [-0.15, -0.1) is 0 Å². The molecule has 2 aliphatic rings. The monoisotopic (exact) mass is 268 g/mol. The van der Waals surface area contributed by atoms with Crippen molar-refractivity contribution in [2.45, 2.75) is 70.4 Å². The molecule has 110 valence electrons. The van der Waals surface area contributed by atoms with Crippen LogP contribution in [-0.4, -0.2) is 36.2 Å². The lowest BCUT2D eigenvalue weighted by atomic mass is 9.95. The van der Waals surface area contributed by atoms with E-state index >= 15 is 0 Å². The molecular weight excluding hydrogens is 240 g/mol. The Morgan fingerprint density at radius 2 is 2.00 bits per heavy atom. The summed E-state index contributed by atoms with van der Waals surface area (Å²) in [4.78, 5) is 12.1. The van der Waals surface area contributed by atoms with Crippen LogP contribution in [0.2, 0.25) is 0 Å². The van der Waals surface area contributed by atoms with Crippen molar-refractivity contribution >= 4 is 5.91 Å². The molecule has 4 nitrogen and oxygen atoms in total. The van der Waals surface area contributed by atoms with Crippen molar-refractivity contribution in [1.82, 2.24) is 10.6 Å². The van der Waals surface area contributed by atoms with Gasteiger partial charge in [0, 0.05) is 19.2 Å². The van der Waals surface area contributed by atoms with Gasteiger partial charge in [0.05, 0.1) is 6.04 Å². The molecule has 2 saturated carbocycles. The Morgan fingerprint density at radius 1 is 1.32 bits per heavy atom. The van der Waals surface area contributed by atoms with Gasteiger partial charge in [0.2, 0.25) is 5.91 Å². The predicted molar refractivity (Wildman–Crippen MR) is 75.9 cm³/mol. The fourth-order valence-electron chi connectivity index (χ4n) is 2.96. The summed E-state index contributed by atoms with van der Waals surface area (Å²) in [5.74, 6) is 0.131. The van der Waals surface area contributed by atoms with Gasteiger partial charge in [0.15, 0.2) is 0 Å². The summed E-state index contributed by atoms with van der Waals surface area (Å²) in [7, 11) is 0. The first-order chi connectivity index (χ1) is 9.15. The van der Waals surface area contributed by atoms with Gasteiger partial charge in [0.25, 0.3) is 0 Å². The number of aliphatic hydroxyl groups excluding tert-OH is 1. The van der Waals surface area contributed by atoms with E-state index in [4.69, 9.17) is 5.11 Å². The maximum Gasteiger partial charge on any atom is 0.237 e. The molecule has 0 saturated heterocycles. The van der Waals surface area contributed by atoms with Crippen LogP contribution in [-0.2, 0) is 4.79 Å². The van der Waals surface area contributed by atoms with Crippen LogP contribution in [0.25, 0.3) is 0 Å². The van der Waals surface area contributed by atoms with Crippen LogP contribution in [0.4, 0.5) is 0 Å². The number of aliphatic hydroxyl groups is 1. The van der Waals surface area contributed by atoms with Crippen molar-refractivity contribution in [3.05, 3.63) is 0 Å². The van der Waals surface area contributed by atoms with E-state index in [1.54, 1.807) is 0 Å². The molecule has 0 aromatic rings. The van der Waals surface area contributed by atoms with E-state index in [2.05, 4.69) is 10.6 Å². The van der Waals surface area contributed by atoms with Gasteiger partial charge in [0.1, 0.15) is 0 Å². The molecule has 2 aliphatic carbocycles. The van der Waals surface area contributed by atoms with Gasteiger partial charge < -0.3 is 15.7 Å². The molecule has 0 aliphatic heterocycles. The van der Waals surface area contributed by atoms with Crippen LogP contribution in [0.1, 0.15) is 58.3 Å². The average Bonchev–Trinajstić information content (AvgIpc) is 3.18. The van der Waals surface area contributed by atoms with E-state index in [0.29, 0.717) is 6.04 Å². The van der Waals surface area contributed by atoms with E-state index in [1.807, 2.05) is 6.92 Å². The lowest BCUT2D eigenvalue weighted by Gasteiger charge is -2.25. The Bertz CT molecular complexity index is 297. The van der Waals surface area contributed by atoms with Crippen molar-refractivity contribution < 1.29 is 9.90 Å². The third-order valence-electron chi connectivity index (χ3n) is 4.73.